The number of hydrogen-bond acceptors (Lipinski definition) is 4. The second-order valence-electron chi connectivity index (χ2n) is 5.95. The fraction of sp³-hybridized carbons (Fsp3) is 0.929. The molecule has 0 aromatic carbocycles. The van der Waals surface area contributed by atoms with Gasteiger partial charge in [0.25, 0.3) is 0 Å². The van der Waals surface area contributed by atoms with E-state index in [1.165, 1.54) is 12.8 Å². The molecule has 5 heteroatoms. The Kier molecular flexibility index (Phi) is 5.19. The SMILES string of the molecule is COCC1(C(=O)NCC2CCCN2C)CCNCC1. The number of likely N-dealkylation sites (tertiary alicyclic amines) is 1. The van der Waals surface area contributed by atoms with E-state index in [4.69, 9.17) is 4.74 Å². The quantitative estimate of drug-likeness (QED) is 0.749. The van der Waals surface area contributed by atoms with Gasteiger partial charge in [0.05, 0.1) is 12.0 Å². The van der Waals surface area contributed by atoms with E-state index in [9.17, 15) is 4.79 Å². The number of ether oxygens (including phenoxy) is 1. The molecule has 1 atom stereocenters. The van der Waals surface area contributed by atoms with Crippen LogP contribution in [0.3, 0.4) is 0 Å². The summed E-state index contributed by atoms with van der Waals surface area (Å²) in [5.41, 5.74) is -0.322. The number of nitrogens with zero attached hydrogens (tertiary/aromatic N) is 1. The molecule has 19 heavy (non-hydrogen) atoms. The predicted octanol–water partition coefficient (Wildman–Crippen LogP) is 0.213. The highest BCUT2D eigenvalue weighted by atomic mass is 16.5. The zero-order valence-corrected chi connectivity index (χ0v) is 12.2. The number of nitrogens with one attached hydrogen (secondary N) is 2. The van der Waals surface area contributed by atoms with Crippen LogP contribution in [0.2, 0.25) is 0 Å². The van der Waals surface area contributed by atoms with Gasteiger partial charge >= 0.3 is 0 Å². The first-order valence-electron chi connectivity index (χ1n) is 7.36. The highest BCUT2D eigenvalue weighted by Crippen LogP contribution is 2.29. The summed E-state index contributed by atoms with van der Waals surface area (Å²) >= 11 is 0. The average molecular weight is 269 g/mol. The van der Waals surface area contributed by atoms with Crippen molar-refractivity contribution in [1.82, 2.24) is 15.5 Å². The van der Waals surface area contributed by atoms with Gasteiger partial charge in [0.1, 0.15) is 0 Å². The van der Waals surface area contributed by atoms with Gasteiger partial charge in [-0.1, -0.05) is 0 Å². The first-order valence-corrected chi connectivity index (χ1v) is 7.36. The van der Waals surface area contributed by atoms with Gasteiger partial charge in [0.2, 0.25) is 5.91 Å². The Morgan fingerprint density at radius 3 is 2.79 bits per heavy atom. The lowest BCUT2D eigenvalue weighted by Gasteiger charge is -2.36. The first kappa shape index (κ1) is 14.8. The Hall–Kier alpha value is -0.650. The Morgan fingerprint density at radius 2 is 2.21 bits per heavy atom. The Bertz CT molecular complexity index is 298. The molecule has 0 radical (unpaired) electrons. The van der Waals surface area contributed by atoms with Gasteiger partial charge in [-0.05, 0) is 52.4 Å². The molecule has 110 valence electrons. The molecule has 0 spiro atoms. The minimum absolute atomic E-state index is 0.177. The highest BCUT2D eigenvalue weighted by Gasteiger charge is 2.39. The predicted molar refractivity (Wildman–Crippen MR) is 75.1 cm³/mol. The van der Waals surface area contributed by atoms with Crippen LogP contribution in [0.5, 0.6) is 0 Å². The fourth-order valence-corrected chi connectivity index (χ4v) is 3.25. The first-order chi connectivity index (χ1) is 9.18. The maximum absolute atomic E-state index is 12.5. The van der Waals surface area contributed by atoms with Gasteiger partial charge in [-0.2, -0.15) is 0 Å². The van der Waals surface area contributed by atoms with Crippen LogP contribution in [0.15, 0.2) is 0 Å². The Labute approximate surface area is 116 Å². The van der Waals surface area contributed by atoms with Crippen molar-refractivity contribution < 1.29 is 9.53 Å². The van der Waals surface area contributed by atoms with Crippen molar-refractivity contribution in [3.8, 4) is 0 Å². The number of likely N-dealkylation sites (N-methyl/N-ethyl adjacent to an activating group) is 1. The molecule has 2 aliphatic rings. The maximum atomic E-state index is 12.5. The van der Waals surface area contributed by atoms with Crippen LogP contribution in [0, 0.1) is 5.41 Å². The summed E-state index contributed by atoms with van der Waals surface area (Å²) in [6.45, 7) is 4.25. The second kappa shape index (κ2) is 6.68. The van der Waals surface area contributed by atoms with E-state index >= 15 is 0 Å². The normalized spacial score (nSPS) is 27.4. The molecule has 0 saturated carbocycles. The van der Waals surface area contributed by atoms with E-state index in [1.807, 2.05) is 0 Å². The minimum atomic E-state index is -0.322. The number of hydrogen-bond donors (Lipinski definition) is 2. The molecule has 2 rings (SSSR count). The van der Waals surface area contributed by atoms with Crippen molar-refractivity contribution in [2.45, 2.75) is 31.7 Å². The number of piperidine rings is 1. The summed E-state index contributed by atoms with van der Waals surface area (Å²) in [5, 5.41) is 6.48. The fourth-order valence-electron chi connectivity index (χ4n) is 3.25. The summed E-state index contributed by atoms with van der Waals surface area (Å²) in [5.74, 6) is 0.177. The third kappa shape index (κ3) is 3.46. The average Bonchev–Trinajstić information content (AvgIpc) is 2.83. The number of carbonyl (C=O) groups excluding carboxylic acids is 1. The zero-order chi connectivity index (χ0) is 13.7. The molecule has 1 amide bonds. The van der Waals surface area contributed by atoms with Crippen LogP contribution < -0.4 is 10.6 Å². The second-order valence-corrected chi connectivity index (χ2v) is 5.95. The minimum Gasteiger partial charge on any atom is -0.384 e. The van der Waals surface area contributed by atoms with E-state index in [0.717, 1.165) is 39.0 Å². The Morgan fingerprint density at radius 1 is 1.47 bits per heavy atom. The van der Waals surface area contributed by atoms with Crippen LogP contribution in [0.25, 0.3) is 0 Å². The molecule has 2 N–H and O–H groups in total. The zero-order valence-electron chi connectivity index (χ0n) is 12.2. The van der Waals surface area contributed by atoms with Crippen molar-refractivity contribution >= 4 is 5.91 Å². The molecule has 2 aliphatic heterocycles. The molecule has 2 saturated heterocycles. The molecule has 0 bridgehead atoms. The van der Waals surface area contributed by atoms with Gasteiger partial charge in [-0.15, -0.1) is 0 Å². The lowest BCUT2D eigenvalue weighted by Crippen LogP contribution is -2.52. The van der Waals surface area contributed by atoms with Gasteiger partial charge in [-0.25, -0.2) is 0 Å². The summed E-state index contributed by atoms with van der Waals surface area (Å²) < 4.78 is 5.30. The Balaban J connectivity index is 1.88. The molecular formula is C14H27N3O2. The summed E-state index contributed by atoms with van der Waals surface area (Å²) in [7, 11) is 3.82. The van der Waals surface area contributed by atoms with E-state index in [1.54, 1.807) is 7.11 Å². The van der Waals surface area contributed by atoms with Crippen molar-refractivity contribution in [2.24, 2.45) is 5.41 Å². The topological polar surface area (TPSA) is 53.6 Å². The van der Waals surface area contributed by atoms with E-state index < -0.39 is 0 Å². The van der Waals surface area contributed by atoms with Crippen LogP contribution in [0.4, 0.5) is 0 Å². The van der Waals surface area contributed by atoms with Crippen LogP contribution in [-0.2, 0) is 9.53 Å². The van der Waals surface area contributed by atoms with Crippen LogP contribution in [-0.4, -0.2) is 63.8 Å². The van der Waals surface area contributed by atoms with Gasteiger partial charge in [0.15, 0.2) is 0 Å². The molecule has 2 fully saturated rings. The van der Waals surface area contributed by atoms with Gasteiger partial charge < -0.3 is 20.3 Å². The van der Waals surface area contributed by atoms with Crippen molar-refractivity contribution in [1.29, 1.82) is 0 Å². The number of methoxy groups -OCH3 is 1. The van der Waals surface area contributed by atoms with Crippen molar-refractivity contribution in [3.05, 3.63) is 0 Å². The third-order valence-electron chi connectivity index (χ3n) is 4.63. The molecule has 0 aromatic heterocycles. The number of amides is 1. The molecular weight excluding hydrogens is 242 g/mol. The molecule has 0 aromatic rings. The molecule has 5 nitrogen and oxygen atoms in total. The van der Waals surface area contributed by atoms with E-state index in [-0.39, 0.29) is 11.3 Å². The lowest BCUT2D eigenvalue weighted by molar-refractivity contribution is -0.136. The van der Waals surface area contributed by atoms with Gasteiger partial charge in [0, 0.05) is 19.7 Å². The monoisotopic (exact) mass is 269 g/mol. The van der Waals surface area contributed by atoms with Crippen molar-refractivity contribution in [2.75, 3.05) is 46.9 Å². The van der Waals surface area contributed by atoms with Crippen LogP contribution >= 0.6 is 0 Å². The summed E-state index contributed by atoms with van der Waals surface area (Å²) in [6.07, 6.45) is 4.17. The smallest absolute Gasteiger partial charge is 0.228 e. The highest BCUT2D eigenvalue weighted by molar-refractivity contribution is 5.83. The lowest BCUT2D eigenvalue weighted by atomic mass is 9.78. The standard InChI is InChI=1S/C14H27N3O2/c1-17-9-3-4-12(17)10-16-13(18)14(11-19-2)5-7-15-8-6-14/h12,15H,3-11H2,1-2H3,(H,16,18). The summed E-state index contributed by atoms with van der Waals surface area (Å²) in [4.78, 5) is 14.9. The van der Waals surface area contributed by atoms with Crippen LogP contribution in [0.1, 0.15) is 25.7 Å². The van der Waals surface area contributed by atoms with Crippen molar-refractivity contribution in [3.63, 3.8) is 0 Å². The van der Waals surface area contributed by atoms with Gasteiger partial charge in [-0.3, -0.25) is 4.79 Å². The molecule has 2 heterocycles. The largest absolute Gasteiger partial charge is 0.384 e. The van der Waals surface area contributed by atoms with E-state index in [2.05, 4.69) is 22.6 Å². The molecule has 1 unspecified atom stereocenters. The summed E-state index contributed by atoms with van der Waals surface area (Å²) in [6, 6.07) is 0.505. The third-order valence-corrected chi connectivity index (χ3v) is 4.63. The van der Waals surface area contributed by atoms with E-state index in [0.29, 0.717) is 12.6 Å². The maximum Gasteiger partial charge on any atom is 0.228 e. The number of rotatable bonds is 5. The number of carbonyl (C=O) groups is 1. The molecule has 0 aliphatic carbocycles.